The molecule has 0 fully saturated rings. The molecule has 0 saturated carbocycles. The highest BCUT2D eigenvalue weighted by Crippen LogP contribution is 2.12. The summed E-state index contributed by atoms with van der Waals surface area (Å²) in [6.45, 7) is 5.24. The number of carboxylic acid groups (broad SMARTS) is 1. The summed E-state index contributed by atoms with van der Waals surface area (Å²) < 4.78 is 11.1. The quantitative estimate of drug-likeness (QED) is 0.610. The van der Waals surface area contributed by atoms with Gasteiger partial charge in [0.05, 0.1) is 5.41 Å². The number of amides is 2. The summed E-state index contributed by atoms with van der Waals surface area (Å²) in [4.78, 5) is 22.0. The van der Waals surface area contributed by atoms with Crippen LogP contribution in [-0.2, 0) is 15.6 Å². The predicted octanol–water partition coefficient (Wildman–Crippen LogP) is 0.165. The van der Waals surface area contributed by atoms with Crippen molar-refractivity contribution in [2.75, 3.05) is 24.6 Å². The Morgan fingerprint density at radius 3 is 2.35 bits per heavy atom. The summed E-state index contributed by atoms with van der Waals surface area (Å²) in [7, 11) is -0.908. The smallest absolute Gasteiger partial charge is 0.314 e. The van der Waals surface area contributed by atoms with Gasteiger partial charge in [-0.2, -0.15) is 0 Å². The van der Waals surface area contributed by atoms with E-state index in [2.05, 4.69) is 10.6 Å². The van der Waals surface area contributed by atoms with E-state index in [4.69, 9.17) is 5.11 Å². The molecule has 7 heteroatoms. The van der Waals surface area contributed by atoms with Crippen LogP contribution in [-0.4, -0.2) is 45.9 Å². The molecule has 2 amide bonds. The number of urea groups is 1. The van der Waals surface area contributed by atoms with Gasteiger partial charge in [0, 0.05) is 35.4 Å². The molecule has 3 N–H and O–H groups in total. The molecule has 0 aliphatic heterocycles. The summed E-state index contributed by atoms with van der Waals surface area (Å²) in [6.07, 6.45) is 0. The van der Waals surface area contributed by atoms with Crippen molar-refractivity contribution in [3.05, 3.63) is 0 Å². The molecule has 0 aliphatic rings. The molecular weight excluding hydrogens is 244 g/mol. The van der Waals surface area contributed by atoms with Gasteiger partial charge >= 0.3 is 12.0 Å². The molecule has 6 nitrogen and oxygen atoms in total. The third-order valence-corrected chi connectivity index (χ3v) is 3.51. The number of aliphatic carboxylic acids is 1. The Balaban J connectivity index is 3.81. The first-order chi connectivity index (χ1) is 7.79. The number of hydrogen-bond donors (Lipinski definition) is 3. The molecule has 100 valence electrons. The first-order valence-corrected chi connectivity index (χ1v) is 6.88. The van der Waals surface area contributed by atoms with Gasteiger partial charge in [0.15, 0.2) is 0 Å². The van der Waals surface area contributed by atoms with Crippen molar-refractivity contribution < 1.29 is 18.9 Å². The molecule has 0 aromatic carbocycles. The van der Waals surface area contributed by atoms with Gasteiger partial charge in [-0.25, -0.2) is 4.79 Å². The molecule has 0 aromatic heterocycles. The zero-order valence-corrected chi connectivity index (χ0v) is 11.2. The predicted molar refractivity (Wildman–Crippen MR) is 66.4 cm³/mol. The van der Waals surface area contributed by atoms with Gasteiger partial charge in [-0.1, -0.05) is 6.92 Å². The zero-order chi connectivity index (χ0) is 13.5. The van der Waals surface area contributed by atoms with Crippen LogP contribution >= 0.6 is 0 Å². The second kappa shape index (κ2) is 7.26. The number of nitrogens with one attached hydrogen (secondary N) is 2. The number of carboxylic acids is 1. The third-order valence-electron chi connectivity index (χ3n) is 2.21. The van der Waals surface area contributed by atoms with E-state index < -0.39 is 28.2 Å². The van der Waals surface area contributed by atoms with E-state index in [0.29, 0.717) is 18.1 Å². The maximum Gasteiger partial charge on any atom is 0.314 e. The minimum absolute atomic E-state index is 0.0467. The van der Waals surface area contributed by atoms with Crippen LogP contribution in [0.3, 0.4) is 0 Å². The lowest BCUT2D eigenvalue weighted by molar-refractivity contribution is -0.146. The summed E-state index contributed by atoms with van der Waals surface area (Å²) in [5, 5.41) is 13.8. The molecule has 1 unspecified atom stereocenters. The molecule has 0 radical (unpaired) electrons. The van der Waals surface area contributed by atoms with Crippen LogP contribution in [0.15, 0.2) is 0 Å². The monoisotopic (exact) mass is 264 g/mol. The highest BCUT2D eigenvalue weighted by Gasteiger charge is 2.27. The Morgan fingerprint density at radius 2 is 1.88 bits per heavy atom. The van der Waals surface area contributed by atoms with Crippen molar-refractivity contribution in [2.45, 2.75) is 20.8 Å². The number of hydrogen-bond acceptors (Lipinski definition) is 3. The van der Waals surface area contributed by atoms with Gasteiger partial charge in [0.2, 0.25) is 0 Å². The van der Waals surface area contributed by atoms with Gasteiger partial charge in [0.1, 0.15) is 0 Å². The van der Waals surface area contributed by atoms with Crippen LogP contribution < -0.4 is 10.6 Å². The summed E-state index contributed by atoms with van der Waals surface area (Å²) in [5.41, 5.74) is -0.996. The lowest BCUT2D eigenvalue weighted by Gasteiger charge is -2.19. The summed E-state index contributed by atoms with van der Waals surface area (Å²) in [5.74, 6) is 0.00610. The van der Waals surface area contributed by atoms with Gasteiger partial charge in [0.25, 0.3) is 0 Å². The molecule has 0 heterocycles. The zero-order valence-electron chi connectivity index (χ0n) is 10.4. The maximum absolute atomic E-state index is 11.3. The molecule has 0 rings (SSSR count). The molecule has 17 heavy (non-hydrogen) atoms. The lowest BCUT2D eigenvalue weighted by atomic mass is 9.94. The second-order valence-electron chi connectivity index (χ2n) is 4.23. The highest BCUT2D eigenvalue weighted by molar-refractivity contribution is 7.84. The van der Waals surface area contributed by atoms with Gasteiger partial charge < -0.3 is 15.7 Å². The Hall–Kier alpha value is -1.11. The van der Waals surface area contributed by atoms with Crippen molar-refractivity contribution in [2.24, 2.45) is 5.41 Å². The van der Waals surface area contributed by atoms with Crippen LogP contribution in [0, 0.1) is 5.41 Å². The van der Waals surface area contributed by atoms with Crippen molar-refractivity contribution >= 4 is 22.8 Å². The fourth-order valence-electron chi connectivity index (χ4n) is 0.862. The van der Waals surface area contributed by atoms with Gasteiger partial charge in [-0.15, -0.1) is 0 Å². The van der Waals surface area contributed by atoms with E-state index in [1.165, 1.54) is 13.8 Å². The van der Waals surface area contributed by atoms with E-state index in [-0.39, 0.29) is 6.54 Å². The Kier molecular flexibility index (Phi) is 6.79. The number of carbonyl (C=O) groups is 2. The normalized spacial score (nSPS) is 12.9. The average Bonchev–Trinajstić information content (AvgIpc) is 2.26. The van der Waals surface area contributed by atoms with Crippen LogP contribution in [0.2, 0.25) is 0 Å². The third kappa shape index (κ3) is 6.93. The fourth-order valence-corrected chi connectivity index (χ4v) is 1.48. The van der Waals surface area contributed by atoms with Crippen LogP contribution in [0.5, 0.6) is 0 Å². The standard InChI is InChI=1S/C10H20N2O4S/c1-4-17(16)6-5-11-9(15)12-7-10(2,3)8(13)14/h4-7H2,1-3H3,(H,13,14)(H2,11,12,15). The largest absolute Gasteiger partial charge is 0.481 e. The molecular formula is C10H20N2O4S. The van der Waals surface area contributed by atoms with Crippen molar-refractivity contribution in [1.29, 1.82) is 0 Å². The van der Waals surface area contributed by atoms with Crippen LogP contribution in [0.1, 0.15) is 20.8 Å². The lowest BCUT2D eigenvalue weighted by Crippen LogP contribution is -2.44. The summed E-state index contributed by atoms with van der Waals surface area (Å²) in [6, 6.07) is -0.438. The first-order valence-electron chi connectivity index (χ1n) is 5.39. The Labute approximate surface area is 104 Å². The molecule has 0 bridgehead atoms. The van der Waals surface area contributed by atoms with Gasteiger partial charge in [-0.05, 0) is 13.8 Å². The minimum Gasteiger partial charge on any atom is -0.481 e. The number of rotatable bonds is 7. The average molecular weight is 264 g/mol. The number of carbonyl (C=O) groups excluding carboxylic acids is 1. The minimum atomic E-state index is -0.996. The highest BCUT2D eigenvalue weighted by atomic mass is 32.2. The molecule has 0 aliphatic carbocycles. The molecule has 0 aromatic rings. The fraction of sp³-hybridized carbons (Fsp3) is 0.800. The van der Waals surface area contributed by atoms with Crippen LogP contribution in [0.25, 0.3) is 0 Å². The van der Waals surface area contributed by atoms with E-state index in [0.717, 1.165) is 0 Å². The second-order valence-corrected chi connectivity index (χ2v) is 6.10. The van der Waals surface area contributed by atoms with E-state index in [1.54, 1.807) is 0 Å². The SMILES string of the molecule is CCS(=O)CCNC(=O)NCC(C)(C)C(=O)O. The van der Waals surface area contributed by atoms with Gasteiger partial charge in [-0.3, -0.25) is 9.00 Å². The van der Waals surface area contributed by atoms with E-state index in [1.807, 2.05) is 6.92 Å². The van der Waals surface area contributed by atoms with Crippen molar-refractivity contribution in [3.63, 3.8) is 0 Å². The molecule has 0 spiro atoms. The van der Waals surface area contributed by atoms with Crippen LogP contribution in [0.4, 0.5) is 4.79 Å². The van der Waals surface area contributed by atoms with Crippen molar-refractivity contribution in [3.8, 4) is 0 Å². The molecule has 0 saturated heterocycles. The first kappa shape index (κ1) is 15.9. The summed E-state index contributed by atoms with van der Waals surface area (Å²) >= 11 is 0. The Morgan fingerprint density at radius 1 is 1.29 bits per heavy atom. The Bertz CT molecular complexity index is 305. The van der Waals surface area contributed by atoms with E-state index in [9.17, 15) is 13.8 Å². The molecule has 1 atom stereocenters. The topological polar surface area (TPSA) is 95.5 Å². The maximum atomic E-state index is 11.3. The van der Waals surface area contributed by atoms with E-state index >= 15 is 0 Å². The van der Waals surface area contributed by atoms with Crippen molar-refractivity contribution in [1.82, 2.24) is 10.6 Å².